The highest BCUT2D eigenvalue weighted by molar-refractivity contribution is 8.00. The molecule has 0 bridgehead atoms. The SMILES string of the molecule is CN(C)c1ccc(CC(SCC2CCCCC2)C(CNC(=O)c2ccccc2O)NC(=O)[C@@H]2CSCN2)cc1. The van der Waals surface area contributed by atoms with Crippen molar-refractivity contribution in [3.05, 3.63) is 59.7 Å². The summed E-state index contributed by atoms with van der Waals surface area (Å²) in [6.07, 6.45) is 7.23. The maximum Gasteiger partial charge on any atom is 0.255 e. The summed E-state index contributed by atoms with van der Waals surface area (Å²) in [4.78, 5) is 28.3. The minimum atomic E-state index is -0.340. The molecule has 2 amide bonds. The third-order valence-corrected chi connectivity index (χ3v) is 10.1. The van der Waals surface area contributed by atoms with Crippen molar-refractivity contribution in [2.45, 2.75) is 55.9 Å². The molecular formula is C30H42N4O3S2. The molecule has 4 N–H and O–H groups in total. The third-order valence-electron chi connectivity index (χ3n) is 7.60. The Balaban J connectivity index is 1.53. The van der Waals surface area contributed by atoms with Gasteiger partial charge in [0, 0.05) is 43.2 Å². The summed E-state index contributed by atoms with van der Waals surface area (Å²) in [5, 5.41) is 19.8. The van der Waals surface area contributed by atoms with E-state index in [1.165, 1.54) is 43.7 Å². The van der Waals surface area contributed by atoms with E-state index in [1.807, 2.05) is 25.9 Å². The van der Waals surface area contributed by atoms with E-state index in [-0.39, 0.29) is 47.0 Å². The van der Waals surface area contributed by atoms with Gasteiger partial charge in [-0.2, -0.15) is 11.8 Å². The lowest BCUT2D eigenvalue weighted by Crippen LogP contribution is -2.54. The van der Waals surface area contributed by atoms with E-state index in [4.69, 9.17) is 0 Å². The number of hydrogen-bond acceptors (Lipinski definition) is 7. The zero-order valence-corrected chi connectivity index (χ0v) is 24.7. The fourth-order valence-corrected chi connectivity index (χ4v) is 7.68. The van der Waals surface area contributed by atoms with Crippen LogP contribution in [0.25, 0.3) is 0 Å². The van der Waals surface area contributed by atoms with Crippen LogP contribution in [-0.4, -0.2) is 72.3 Å². The quantitative estimate of drug-likeness (QED) is 0.303. The van der Waals surface area contributed by atoms with Crippen LogP contribution in [0.4, 0.5) is 5.69 Å². The van der Waals surface area contributed by atoms with Crippen molar-refractivity contribution in [2.24, 2.45) is 5.92 Å². The van der Waals surface area contributed by atoms with Crippen molar-refractivity contribution in [2.75, 3.05) is 42.9 Å². The number of nitrogens with zero attached hydrogens (tertiary/aromatic N) is 1. The highest BCUT2D eigenvalue weighted by atomic mass is 32.2. The van der Waals surface area contributed by atoms with Gasteiger partial charge >= 0.3 is 0 Å². The first-order valence-electron chi connectivity index (χ1n) is 14.0. The van der Waals surface area contributed by atoms with Gasteiger partial charge in [0.25, 0.3) is 5.91 Å². The van der Waals surface area contributed by atoms with Crippen LogP contribution >= 0.6 is 23.5 Å². The molecule has 2 fully saturated rings. The Kier molecular flexibility index (Phi) is 11.3. The Morgan fingerprint density at radius 1 is 1.10 bits per heavy atom. The summed E-state index contributed by atoms with van der Waals surface area (Å²) in [5.74, 6) is 2.85. The molecule has 1 aliphatic carbocycles. The molecule has 2 unspecified atom stereocenters. The molecule has 1 saturated carbocycles. The normalized spacial score (nSPS) is 19.3. The fourth-order valence-electron chi connectivity index (χ4n) is 5.18. The molecule has 1 aliphatic heterocycles. The lowest BCUT2D eigenvalue weighted by Gasteiger charge is -2.31. The Hall–Kier alpha value is -2.36. The molecule has 1 heterocycles. The fraction of sp³-hybridized carbons (Fsp3) is 0.533. The van der Waals surface area contributed by atoms with Gasteiger partial charge in [0.2, 0.25) is 5.91 Å². The zero-order valence-electron chi connectivity index (χ0n) is 23.0. The molecule has 7 nitrogen and oxygen atoms in total. The number of nitrogens with one attached hydrogen (secondary N) is 3. The molecule has 4 rings (SSSR count). The predicted octanol–water partition coefficient (Wildman–Crippen LogP) is 4.26. The Morgan fingerprint density at radius 2 is 1.85 bits per heavy atom. The molecule has 0 aromatic heterocycles. The summed E-state index contributed by atoms with van der Waals surface area (Å²) in [7, 11) is 4.07. The van der Waals surface area contributed by atoms with Crippen LogP contribution in [0.3, 0.4) is 0 Å². The first-order chi connectivity index (χ1) is 18.9. The molecule has 39 heavy (non-hydrogen) atoms. The number of rotatable bonds is 12. The molecule has 212 valence electrons. The van der Waals surface area contributed by atoms with Crippen LogP contribution in [0.15, 0.2) is 48.5 Å². The minimum Gasteiger partial charge on any atom is -0.507 e. The number of carbonyl (C=O) groups excluding carboxylic acids is 2. The Morgan fingerprint density at radius 3 is 2.51 bits per heavy atom. The maximum absolute atomic E-state index is 13.3. The highest BCUT2D eigenvalue weighted by Crippen LogP contribution is 2.31. The van der Waals surface area contributed by atoms with Crippen LogP contribution in [0.5, 0.6) is 5.75 Å². The van der Waals surface area contributed by atoms with E-state index >= 15 is 0 Å². The van der Waals surface area contributed by atoms with Crippen molar-refractivity contribution in [1.82, 2.24) is 16.0 Å². The number of phenolic OH excluding ortho intramolecular Hbond substituents is 1. The second-order valence-corrected chi connectivity index (χ2v) is 13.1. The number of hydrogen-bond donors (Lipinski definition) is 4. The van der Waals surface area contributed by atoms with Gasteiger partial charge in [0.05, 0.1) is 17.6 Å². The second-order valence-electron chi connectivity index (χ2n) is 10.8. The van der Waals surface area contributed by atoms with Crippen LogP contribution in [0.2, 0.25) is 0 Å². The van der Waals surface area contributed by atoms with Gasteiger partial charge in [-0.1, -0.05) is 43.5 Å². The van der Waals surface area contributed by atoms with Gasteiger partial charge < -0.3 is 20.6 Å². The van der Waals surface area contributed by atoms with Crippen molar-refractivity contribution in [3.8, 4) is 5.75 Å². The van der Waals surface area contributed by atoms with Gasteiger partial charge in [-0.15, -0.1) is 11.8 Å². The standard InChI is InChI=1S/C30H42N4O3S2/c1-34(2)23-14-12-21(13-15-23)16-28(39-18-22-8-4-3-5-9-22)25(33-30(37)26-19-38-20-32-26)17-31-29(36)24-10-6-7-11-27(24)35/h6-7,10-15,22,25-26,28,32,35H,3-5,8-9,16-20H2,1-2H3,(H,31,36)(H,33,37)/t25?,26-,28?/m0/s1. The summed E-state index contributed by atoms with van der Waals surface area (Å²) < 4.78 is 0. The van der Waals surface area contributed by atoms with Crippen molar-refractivity contribution < 1.29 is 14.7 Å². The molecule has 1 saturated heterocycles. The number of amides is 2. The molecule has 0 spiro atoms. The number of aromatic hydroxyl groups is 1. The number of benzene rings is 2. The average molecular weight is 571 g/mol. The number of anilines is 1. The van der Waals surface area contributed by atoms with Gasteiger partial charge in [0.1, 0.15) is 5.75 Å². The maximum atomic E-state index is 13.3. The predicted molar refractivity (Wildman–Crippen MR) is 164 cm³/mol. The molecule has 9 heteroatoms. The lowest BCUT2D eigenvalue weighted by molar-refractivity contribution is -0.123. The summed E-state index contributed by atoms with van der Waals surface area (Å²) >= 11 is 3.64. The van der Waals surface area contributed by atoms with Gasteiger partial charge in [-0.05, 0) is 60.8 Å². The lowest BCUT2D eigenvalue weighted by atomic mass is 9.91. The summed E-state index contributed by atoms with van der Waals surface area (Å²) in [5.41, 5.74) is 2.60. The molecule has 0 radical (unpaired) electrons. The zero-order chi connectivity index (χ0) is 27.6. The average Bonchev–Trinajstić information content (AvgIpc) is 3.50. The van der Waals surface area contributed by atoms with Crippen molar-refractivity contribution in [3.63, 3.8) is 0 Å². The van der Waals surface area contributed by atoms with Crippen LogP contribution in [-0.2, 0) is 11.2 Å². The van der Waals surface area contributed by atoms with Gasteiger partial charge in [-0.3, -0.25) is 14.9 Å². The van der Waals surface area contributed by atoms with E-state index < -0.39 is 0 Å². The van der Waals surface area contributed by atoms with Crippen LogP contribution < -0.4 is 20.9 Å². The molecule has 2 aromatic rings. The van der Waals surface area contributed by atoms with E-state index in [0.717, 1.165) is 29.5 Å². The smallest absolute Gasteiger partial charge is 0.255 e. The molecule has 2 aromatic carbocycles. The van der Waals surface area contributed by atoms with E-state index in [0.29, 0.717) is 5.92 Å². The molecule has 2 aliphatic rings. The summed E-state index contributed by atoms with van der Waals surface area (Å²) in [6.45, 7) is 0.289. The van der Waals surface area contributed by atoms with E-state index in [9.17, 15) is 14.7 Å². The second kappa shape index (κ2) is 14.9. The third kappa shape index (κ3) is 8.82. The molecular weight excluding hydrogens is 528 g/mol. The van der Waals surface area contributed by atoms with Gasteiger partial charge in [-0.25, -0.2) is 0 Å². The van der Waals surface area contributed by atoms with E-state index in [2.05, 4.69) is 45.1 Å². The monoisotopic (exact) mass is 570 g/mol. The minimum absolute atomic E-state index is 0.0203. The summed E-state index contributed by atoms with van der Waals surface area (Å²) in [6, 6.07) is 14.7. The van der Waals surface area contributed by atoms with Crippen LogP contribution in [0, 0.1) is 5.92 Å². The van der Waals surface area contributed by atoms with Crippen molar-refractivity contribution in [1.29, 1.82) is 0 Å². The number of thioether (sulfide) groups is 2. The topological polar surface area (TPSA) is 93.7 Å². The van der Waals surface area contributed by atoms with Crippen LogP contribution in [0.1, 0.15) is 48.0 Å². The Labute approximate surface area is 241 Å². The first kappa shape index (κ1) is 29.6. The van der Waals surface area contributed by atoms with Gasteiger partial charge in [0.15, 0.2) is 0 Å². The largest absolute Gasteiger partial charge is 0.507 e. The highest BCUT2D eigenvalue weighted by Gasteiger charge is 2.30. The van der Waals surface area contributed by atoms with E-state index in [1.54, 1.807) is 30.0 Å². The number of phenols is 1. The number of para-hydroxylation sites is 1. The van der Waals surface area contributed by atoms with Crippen molar-refractivity contribution >= 4 is 41.0 Å². The molecule has 3 atom stereocenters. The number of carbonyl (C=O) groups is 2. The first-order valence-corrected chi connectivity index (χ1v) is 16.2. The Bertz CT molecular complexity index is 1070.